The molecule has 0 saturated heterocycles. The van der Waals surface area contributed by atoms with Crippen molar-refractivity contribution in [3.05, 3.63) is 63.1 Å². The zero-order chi connectivity index (χ0) is 25.5. The van der Waals surface area contributed by atoms with Crippen molar-refractivity contribution in [2.24, 2.45) is 0 Å². The normalized spacial score (nSPS) is 12.2. The number of benzene rings is 2. The minimum Gasteiger partial charge on any atom is -0.354 e. The van der Waals surface area contributed by atoms with Crippen LogP contribution in [0.4, 0.5) is 5.69 Å². The topological polar surface area (TPSA) is 86.8 Å². The fourth-order valence-electron chi connectivity index (χ4n) is 3.18. The van der Waals surface area contributed by atoms with Gasteiger partial charge in [0.1, 0.15) is 12.6 Å². The number of hydrogen-bond acceptors (Lipinski definition) is 4. The van der Waals surface area contributed by atoms with Crippen LogP contribution in [0.25, 0.3) is 0 Å². The zero-order valence-corrected chi connectivity index (χ0v) is 22.3. The van der Waals surface area contributed by atoms with E-state index in [2.05, 4.69) is 5.32 Å². The van der Waals surface area contributed by atoms with Gasteiger partial charge in [0.25, 0.3) is 0 Å². The molecule has 2 rings (SSSR count). The number of rotatable bonds is 11. The van der Waals surface area contributed by atoms with Crippen molar-refractivity contribution in [1.29, 1.82) is 0 Å². The number of hydrogen-bond donors (Lipinski definition) is 1. The van der Waals surface area contributed by atoms with E-state index in [0.29, 0.717) is 11.6 Å². The lowest BCUT2D eigenvalue weighted by Gasteiger charge is -2.31. The summed E-state index contributed by atoms with van der Waals surface area (Å²) in [5, 5.41) is 3.52. The number of sulfonamides is 1. The first kappa shape index (κ1) is 28.2. The second-order valence-corrected chi connectivity index (χ2v) is 10.9. The Hall–Kier alpha value is -2.00. The van der Waals surface area contributed by atoms with Gasteiger partial charge in [-0.25, -0.2) is 8.42 Å². The van der Waals surface area contributed by atoms with Gasteiger partial charge in [-0.1, -0.05) is 66.3 Å². The highest BCUT2D eigenvalue weighted by molar-refractivity contribution is 7.92. The van der Waals surface area contributed by atoms with Crippen molar-refractivity contribution in [2.75, 3.05) is 23.7 Å². The summed E-state index contributed by atoms with van der Waals surface area (Å²) in [7, 11) is -3.90. The summed E-state index contributed by atoms with van der Waals surface area (Å²) in [6.07, 6.45) is 2.69. The van der Waals surface area contributed by atoms with E-state index in [4.69, 9.17) is 34.8 Å². The van der Waals surface area contributed by atoms with E-state index in [1.165, 1.54) is 17.0 Å². The Morgan fingerprint density at radius 2 is 1.71 bits per heavy atom. The van der Waals surface area contributed by atoms with Crippen LogP contribution < -0.4 is 9.62 Å². The maximum Gasteiger partial charge on any atom is 0.244 e. The number of unbranched alkanes of at least 4 members (excludes halogenated alkanes) is 1. The number of nitrogens with zero attached hydrogens (tertiary/aromatic N) is 2. The SMILES string of the molecule is CCCCNC(=O)[C@@H](C)N(Cc1ccc(Cl)cc1)C(=O)CN(c1cccc(Cl)c1Cl)S(C)(=O)=O. The lowest BCUT2D eigenvalue weighted by molar-refractivity contribution is -0.139. The molecule has 0 bridgehead atoms. The van der Waals surface area contributed by atoms with Gasteiger partial charge >= 0.3 is 0 Å². The molecular weight excluding hydrogens is 521 g/mol. The predicted molar refractivity (Wildman–Crippen MR) is 138 cm³/mol. The highest BCUT2D eigenvalue weighted by Crippen LogP contribution is 2.33. The van der Waals surface area contributed by atoms with Gasteiger partial charge in [0.2, 0.25) is 21.8 Å². The molecule has 7 nitrogen and oxygen atoms in total. The monoisotopic (exact) mass is 547 g/mol. The summed E-state index contributed by atoms with van der Waals surface area (Å²) >= 11 is 18.3. The minimum absolute atomic E-state index is 0.0111. The summed E-state index contributed by atoms with van der Waals surface area (Å²) in [5.41, 5.74) is 0.814. The molecule has 11 heteroatoms. The number of anilines is 1. The number of amides is 2. The average molecular weight is 549 g/mol. The van der Waals surface area contributed by atoms with Crippen LogP contribution in [0, 0.1) is 0 Å². The van der Waals surface area contributed by atoms with Crippen molar-refractivity contribution in [1.82, 2.24) is 10.2 Å². The molecule has 0 aliphatic rings. The molecule has 0 aliphatic carbocycles. The largest absolute Gasteiger partial charge is 0.354 e. The molecule has 2 aromatic carbocycles. The van der Waals surface area contributed by atoms with Gasteiger partial charge in [-0.15, -0.1) is 0 Å². The molecule has 2 amide bonds. The molecule has 0 saturated carbocycles. The Morgan fingerprint density at radius 3 is 2.29 bits per heavy atom. The first-order valence-electron chi connectivity index (χ1n) is 10.7. The van der Waals surface area contributed by atoms with Crippen molar-refractivity contribution in [3.63, 3.8) is 0 Å². The number of halogens is 3. The molecule has 1 N–H and O–H groups in total. The predicted octanol–water partition coefficient (Wildman–Crippen LogP) is 4.75. The van der Waals surface area contributed by atoms with Crippen molar-refractivity contribution >= 4 is 62.3 Å². The minimum atomic E-state index is -3.90. The van der Waals surface area contributed by atoms with Crippen LogP contribution in [0.15, 0.2) is 42.5 Å². The van der Waals surface area contributed by atoms with Crippen molar-refractivity contribution in [2.45, 2.75) is 39.3 Å². The first-order chi connectivity index (χ1) is 16.0. The molecule has 1 atom stereocenters. The molecule has 2 aromatic rings. The lowest BCUT2D eigenvalue weighted by atomic mass is 10.1. The molecule has 0 heterocycles. The average Bonchev–Trinajstić information content (AvgIpc) is 2.78. The molecule has 0 aliphatic heterocycles. The molecule has 0 fully saturated rings. The van der Waals surface area contributed by atoms with Crippen LogP contribution in [0.5, 0.6) is 0 Å². The maximum absolute atomic E-state index is 13.5. The van der Waals surface area contributed by atoms with Crippen molar-refractivity contribution in [3.8, 4) is 0 Å². The van der Waals surface area contributed by atoms with Gasteiger partial charge in [0, 0.05) is 18.1 Å². The van der Waals surface area contributed by atoms with Gasteiger partial charge in [-0.3, -0.25) is 13.9 Å². The zero-order valence-electron chi connectivity index (χ0n) is 19.2. The van der Waals surface area contributed by atoms with E-state index >= 15 is 0 Å². The summed E-state index contributed by atoms with van der Waals surface area (Å²) in [4.78, 5) is 27.6. The van der Waals surface area contributed by atoms with E-state index in [1.807, 2.05) is 6.92 Å². The highest BCUT2D eigenvalue weighted by atomic mass is 35.5. The Kier molecular flexibility index (Phi) is 10.5. The van der Waals surface area contributed by atoms with Crippen LogP contribution in [-0.2, 0) is 26.2 Å². The van der Waals surface area contributed by atoms with Crippen LogP contribution in [-0.4, -0.2) is 50.5 Å². The molecule has 0 radical (unpaired) electrons. The second kappa shape index (κ2) is 12.6. The Morgan fingerprint density at radius 1 is 1.06 bits per heavy atom. The van der Waals surface area contributed by atoms with Gasteiger partial charge in [-0.05, 0) is 43.2 Å². The standard InChI is InChI=1S/C23H28Cl3N3O4S/c1-4-5-13-27-23(31)16(2)28(14-17-9-11-18(24)12-10-17)21(30)15-29(34(3,32)33)20-8-6-7-19(25)22(20)26/h6-12,16H,4-5,13-15H2,1-3H3,(H,27,31)/t16-/m1/s1. The van der Waals surface area contributed by atoms with Gasteiger partial charge < -0.3 is 10.2 Å². The molecule has 34 heavy (non-hydrogen) atoms. The van der Waals surface area contributed by atoms with Gasteiger partial charge in [-0.2, -0.15) is 0 Å². The fourth-order valence-corrected chi connectivity index (χ4v) is 4.61. The maximum atomic E-state index is 13.5. The van der Waals surface area contributed by atoms with Crippen LogP contribution >= 0.6 is 34.8 Å². The molecule has 0 spiro atoms. The van der Waals surface area contributed by atoms with E-state index in [9.17, 15) is 18.0 Å². The van der Waals surface area contributed by atoms with E-state index < -0.39 is 28.5 Å². The Bertz CT molecular complexity index is 1110. The van der Waals surface area contributed by atoms with E-state index in [1.54, 1.807) is 37.3 Å². The molecule has 0 aromatic heterocycles. The lowest BCUT2D eigenvalue weighted by Crippen LogP contribution is -2.51. The Balaban J connectivity index is 2.38. The third-order valence-electron chi connectivity index (χ3n) is 5.14. The van der Waals surface area contributed by atoms with Crippen LogP contribution in [0.3, 0.4) is 0 Å². The third kappa shape index (κ3) is 7.77. The van der Waals surface area contributed by atoms with Gasteiger partial charge in [0.05, 0.1) is 22.0 Å². The smallest absolute Gasteiger partial charge is 0.244 e. The summed E-state index contributed by atoms with van der Waals surface area (Å²) in [6, 6.07) is 10.5. The van der Waals surface area contributed by atoms with Crippen LogP contribution in [0.2, 0.25) is 15.1 Å². The summed E-state index contributed by atoms with van der Waals surface area (Å²) < 4.78 is 26.1. The third-order valence-corrected chi connectivity index (χ3v) is 7.33. The fraction of sp³-hybridized carbons (Fsp3) is 0.391. The van der Waals surface area contributed by atoms with Gasteiger partial charge in [0.15, 0.2) is 0 Å². The summed E-state index contributed by atoms with van der Waals surface area (Å²) in [6.45, 7) is 3.62. The quantitative estimate of drug-likeness (QED) is 0.411. The highest BCUT2D eigenvalue weighted by Gasteiger charge is 2.31. The van der Waals surface area contributed by atoms with E-state index in [0.717, 1.165) is 29.0 Å². The molecular formula is C23H28Cl3N3O4S. The number of nitrogens with one attached hydrogen (secondary N) is 1. The van der Waals surface area contributed by atoms with E-state index in [-0.39, 0.29) is 28.2 Å². The van der Waals surface area contributed by atoms with Crippen molar-refractivity contribution < 1.29 is 18.0 Å². The molecule has 186 valence electrons. The first-order valence-corrected chi connectivity index (χ1v) is 13.7. The van der Waals surface area contributed by atoms with Crippen LogP contribution in [0.1, 0.15) is 32.3 Å². The Labute approximate surface area is 216 Å². The second-order valence-electron chi connectivity index (χ2n) is 7.81. The number of carbonyl (C=O) groups excluding carboxylic acids is 2. The summed E-state index contributed by atoms with van der Waals surface area (Å²) in [5.74, 6) is -0.906. The molecule has 0 unspecified atom stereocenters. The number of carbonyl (C=O) groups is 2.